The van der Waals surface area contributed by atoms with Gasteiger partial charge in [-0.15, -0.1) is 0 Å². The van der Waals surface area contributed by atoms with Crippen molar-refractivity contribution in [3.8, 4) is 0 Å². The maximum absolute atomic E-state index is 10.9. The molecule has 0 saturated carbocycles. The second kappa shape index (κ2) is 6.18. The molecule has 0 fully saturated rings. The number of esters is 2. The summed E-state index contributed by atoms with van der Waals surface area (Å²) in [5.74, 6) is -0.820. The molecule has 0 bridgehead atoms. The lowest BCUT2D eigenvalue weighted by molar-refractivity contribution is -0.153. The van der Waals surface area contributed by atoms with Gasteiger partial charge in [0.1, 0.15) is 0 Å². The molecule has 0 aliphatic heterocycles. The zero-order valence-electron chi connectivity index (χ0n) is 9.05. The Morgan fingerprint density at radius 1 is 0.929 bits per heavy atom. The highest BCUT2D eigenvalue weighted by atomic mass is 16.7. The number of allylic oxidation sites excluding steroid dienone is 1. The van der Waals surface area contributed by atoms with Crippen molar-refractivity contribution in [3.05, 3.63) is 11.5 Å². The smallest absolute Gasteiger partial charge is 0.313 e. The zero-order chi connectivity index (χ0) is 11.1. The first-order valence-electron chi connectivity index (χ1n) is 4.60. The van der Waals surface area contributed by atoms with E-state index in [2.05, 4.69) is 0 Å². The van der Waals surface area contributed by atoms with Gasteiger partial charge in [-0.3, -0.25) is 9.59 Å². The molecule has 0 aliphatic rings. The van der Waals surface area contributed by atoms with Gasteiger partial charge in [0, 0.05) is 18.4 Å². The number of carbonyl (C=O) groups is 2. The highest BCUT2D eigenvalue weighted by molar-refractivity contribution is 5.72. The van der Waals surface area contributed by atoms with E-state index in [9.17, 15) is 9.59 Å². The molecule has 0 amide bonds. The molecule has 0 heterocycles. The fourth-order valence-corrected chi connectivity index (χ4v) is 0.576. The summed E-state index contributed by atoms with van der Waals surface area (Å²) in [6.45, 7) is 6.77. The van der Waals surface area contributed by atoms with Gasteiger partial charge in [-0.2, -0.15) is 0 Å². The van der Waals surface area contributed by atoms with E-state index in [0.717, 1.165) is 0 Å². The van der Waals surface area contributed by atoms with Gasteiger partial charge in [-0.25, -0.2) is 0 Å². The number of carbonyl (C=O) groups excluding carboxylic acids is 2. The van der Waals surface area contributed by atoms with Crippen LogP contribution in [0.3, 0.4) is 0 Å². The lowest BCUT2D eigenvalue weighted by Gasteiger charge is -2.09. The Bertz CT molecular complexity index is 229. The molecule has 0 radical (unpaired) electrons. The Labute approximate surface area is 83.9 Å². The van der Waals surface area contributed by atoms with Crippen molar-refractivity contribution in [2.45, 2.75) is 40.5 Å². The van der Waals surface area contributed by atoms with Gasteiger partial charge in [0.2, 0.25) is 0 Å². The van der Waals surface area contributed by atoms with Gasteiger partial charge < -0.3 is 9.47 Å². The van der Waals surface area contributed by atoms with Gasteiger partial charge in [0.25, 0.3) is 5.95 Å². The fraction of sp³-hybridized carbons (Fsp3) is 0.600. The van der Waals surface area contributed by atoms with Crippen LogP contribution in [0.25, 0.3) is 0 Å². The Hall–Kier alpha value is -1.32. The van der Waals surface area contributed by atoms with E-state index in [1.165, 1.54) is 0 Å². The molecule has 0 spiro atoms. The van der Waals surface area contributed by atoms with Gasteiger partial charge >= 0.3 is 11.9 Å². The number of hydrogen-bond acceptors (Lipinski definition) is 4. The molecule has 0 aliphatic carbocycles. The molecule has 0 N–H and O–H groups in total. The first kappa shape index (κ1) is 12.7. The van der Waals surface area contributed by atoms with Crippen LogP contribution in [0.5, 0.6) is 0 Å². The molecule has 0 atom stereocenters. The summed E-state index contributed by atoms with van der Waals surface area (Å²) in [6, 6.07) is 0. The van der Waals surface area contributed by atoms with Gasteiger partial charge in [0.15, 0.2) is 0 Å². The van der Waals surface area contributed by atoms with Crippen molar-refractivity contribution < 1.29 is 19.1 Å². The minimum Gasteiger partial charge on any atom is -0.393 e. The van der Waals surface area contributed by atoms with Crippen molar-refractivity contribution in [2.75, 3.05) is 0 Å². The monoisotopic (exact) mass is 200 g/mol. The molecule has 4 heteroatoms. The second-order valence-electron chi connectivity index (χ2n) is 2.94. The summed E-state index contributed by atoms with van der Waals surface area (Å²) < 4.78 is 9.66. The molecule has 0 aromatic heterocycles. The van der Waals surface area contributed by atoms with Crippen LogP contribution in [-0.2, 0) is 19.1 Å². The molecule has 0 aromatic rings. The Kier molecular flexibility index (Phi) is 5.60. The lowest BCUT2D eigenvalue weighted by Crippen LogP contribution is -2.10. The maximum Gasteiger partial charge on any atom is 0.313 e. The summed E-state index contributed by atoms with van der Waals surface area (Å²) in [4.78, 5) is 21.9. The van der Waals surface area contributed by atoms with Crippen molar-refractivity contribution >= 4 is 11.9 Å². The van der Waals surface area contributed by atoms with Crippen molar-refractivity contribution in [2.24, 2.45) is 0 Å². The highest BCUT2D eigenvalue weighted by Gasteiger charge is 2.11. The number of hydrogen-bond donors (Lipinski definition) is 0. The topological polar surface area (TPSA) is 52.6 Å². The fourth-order valence-electron chi connectivity index (χ4n) is 0.576. The first-order chi connectivity index (χ1) is 6.51. The third-order valence-electron chi connectivity index (χ3n) is 1.40. The number of rotatable bonds is 4. The molecule has 80 valence electrons. The average Bonchev–Trinajstić information content (AvgIpc) is 2.16. The summed E-state index contributed by atoms with van der Waals surface area (Å²) in [5.41, 5.74) is 0.661. The second-order valence-corrected chi connectivity index (χ2v) is 2.94. The molecule has 0 saturated heterocycles. The van der Waals surface area contributed by atoms with E-state index in [0.29, 0.717) is 5.57 Å². The highest BCUT2D eigenvalue weighted by Crippen LogP contribution is 2.09. The largest absolute Gasteiger partial charge is 0.393 e. The summed E-state index contributed by atoms with van der Waals surface area (Å²) in [7, 11) is 0. The van der Waals surface area contributed by atoms with Crippen LogP contribution in [-0.4, -0.2) is 11.9 Å². The molecule has 0 rings (SSSR count). The summed E-state index contributed by atoms with van der Waals surface area (Å²) >= 11 is 0. The lowest BCUT2D eigenvalue weighted by atomic mass is 10.4. The standard InChI is InChI=1S/C10H16O4/c1-5-8(11)13-10(7(3)4)14-9(12)6-2/h5-6H2,1-4H3. The molecule has 4 nitrogen and oxygen atoms in total. The summed E-state index contributed by atoms with van der Waals surface area (Å²) in [6.07, 6.45) is 0.501. The van der Waals surface area contributed by atoms with Gasteiger partial charge in [-0.1, -0.05) is 13.8 Å². The minimum absolute atomic E-state index is 0.00343. The summed E-state index contributed by atoms with van der Waals surface area (Å²) in [5, 5.41) is 0. The van der Waals surface area contributed by atoms with E-state index in [1.807, 2.05) is 0 Å². The average molecular weight is 200 g/mol. The third-order valence-corrected chi connectivity index (χ3v) is 1.40. The third kappa shape index (κ3) is 4.64. The van der Waals surface area contributed by atoms with Crippen LogP contribution >= 0.6 is 0 Å². The van der Waals surface area contributed by atoms with Gasteiger partial charge in [-0.05, 0) is 13.8 Å². The molecular formula is C10H16O4. The Morgan fingerprint density at radius 2 is 1.29 bits per heavy atom. The van der Waals surface area contributed by atoms with E-state index >= 15 is 0 Å². The SMILES string of the molecule is CCC(=O)OC(OC(=O)CC)=C(C)C. The van der Waals surface area contributed by atoms with Crippen molar-refractivity contribution in [1.29, 1.82) is 0 Å². The quantitative estimate of drug-likeness (QED) is 0.515. The van der Waals surface area contributed by atoms with E-state index < -0.39 is 11.9 Å². The molecule has 0 unspecified atom stereocenters. The zero-order valence-corrected chi connectivity index (χ0v) is 9.05. The maximum atomic E-state index is 10.9. The van der Waals surface area contributed by atoms with Crippen LogP contribution in [0, 0.1) is 0 Å². The van der Waals surface area contributed by atoms with Crippen LogP contribution in [0.4, 0.5) is 0 Å². The van der Waals surface area contributed by atoms with Crippen molar-refractivity contribution in [1.82, 2.24) is 0 Å². The molecule has 14 heavy (non-hydrogen) atoms. The van der Waals surface area contributed by atoms with Crippen LogP contribution in [0.1, 0.15) is 40.5 Å². The Morgan fingerprint density at radius 3 is 1.50 bits per heavy atom. The predicted molar refractivity (Wildman–Crippen MR) is 51.1 cm³/mol. The van der Waals surface area contributed by atoms with E-state index in [-0.39, 0.29) is 18.8 Å². The predicted octanol–water partition coefficient (Wildman–Crippen LogP) is 2.14. The Balaban J connectivity index is 4.41. The normalized spacial score (nSPS) is 9.14. The minimum atomic E-state index is -0.412. The van der Waals surface area contributed by atoms with Gasteiger partial charge in [0.05, 0.1) is 0 Å². The van der Waals surface area contributed by atoms with Crippen LogP contribution in [0.15, 0.2) is 11.5 Å². The number of ether oxygens (including phenoxy) is 2. The van der Waals surface area contributed by atoms with E-state index in [4.69, 9.17) is 9.47 Å². The van der Waals surface area contributed by atoms with Crippen LogP contribution in [0.2, 0.25) is 0 Å². The van der Waals surface area contributed by atoms with Crippen LogP contribution < -0.4 is 0 Å². The molecular weight excluding hydrogens is 184 g/mol. The van der Waals surface area contributed by atoms with Crippen molar-refractivity contribution in [3.63, 3.8) is 0 Å². The molecule has 0 aromatic carbocycles. The first-order valence-corrected chi connectivity index (χ1v) is 4.60. The van der Waals surface area contributed by atoms with E-state index in [1.54, 1.807) is 27.7 Å².